The summed E-state index contributed by atoms with van der Waals surface area (Å²) in [5.41, 5.74) is 3.19. The number of amides is 1. The van der Waals surface area contributed by atoms with Gasteiger partial charge in [-0.1, -0.05) is 12.1 Å². The second-order valence-corrected chi connectivity index (χ2v) is 7.11. The smallest absolute Gasteiger partial charge is 0.251 e. The number of rotatable bonds is 6. The van der Waals surface area contributed by atoms with Crippen LogP contribution in [0, 0.1) is 0 Å². The highest BCUT2D eigenvalue weighted by molar-refractivity contribution is 5.95. The Morgan fingerprint density at radius 2 is 1.87 bits per heavy atom. The predicted molar refractivity (Wildman–Crippen MR) is 115 cm³/mol. The second kappa shape index (κ2) is 9.37. The molecule has 1 fully saturated rings. The Morgan fingerprint density at radius 3 is 2.60 bits per heavy atom. The second-order valence-electron chi connectivity index (χ2n) is 7.11. The molecule has 1 saturated heterocycles. The molecule has 3 heterocycles. The summed E-state index contributed by atoms with van der Waals surface area (Å²) in [6, 6.07) is 14.4. The van der Waals surface area contributed by atoms with E-state index in [2.05, 4.69) is 20.2 Å². The SMILES string of the molecule is O=C(NCCc1ccc(O)cc1)c1ccnc(-c2ccc(N3CCOCC3)nc2)c1. The van der Waals surface area contributed by atoms with Crippen LogP contribution in [-0.4, -0.2) is 53.8 Å². The molecule has 3 aromatic rings. The summed E-state index contributed by atoms with van der Waals surface area (Å²) in [7, 11) is 0. The molecule has 1 amide bonds. The lowest BCUT2D eigenvalue weighted by Crippen LogP contribution is -2.36. The molecule has 0 unspecified atom stereocenters. The number of aromatic nitrogens is 2. The topological polar surface area (TPSA) is 87.6 Å². The van der Waals surface area contributed by atoms with Crippen molar-refractivity contribution in [2.45, 2.75) is 6.42 Å². The van der Waals surface area contributed by atoms with Crippen LogP contribution in [0.2, 0.25) is 0 Å². The van der Waals surface area contributed by atoms with Crippen LogP contribution in [0.1, 0.15) is 15.9 Å². The summed E-state index contributed by atoms with van der Waals surface area (Å²) in [6.07, 6.45) is 4.12. The molecule has 0 bridgehead atoms. The molecule has 30 heavy (non-hydrogen) atoms. The monoisotopic (exact) mass is 404 g/mol. The van der Waals surface area contributed by atoms with E-state index in [0.717, 1.165) is 43.2 Å². The van der Waals surface area contributed by atoms with E-state index in [1.54, 1.807) is 36.7 Å². The first kappa shape index (κ1) is 19.8. The maximum atomic E-state index is 12.5. The molecule has 7 heteroatoms. The van der Waals surface area contributed by atoms with Gasteiger partial charge in [-0.3, -0.25) is 9.78 Å². The number of ether oxygens (including phenoxy) is 1. The number of nitrogens with zero attached hydrogens (tertiary/aromatic N) is 3. The summed E-state index contributed by atoms with van der Waals surface area (Å²) in [5, 5.41) is 12.3. The first-order valence-electron chi connectivity index (χ1n) is 10.0. The highest BCUT2D eigenvalue weighted by atomic mass is 16.5. The van der Waals surface area contributed by atoms with Gasteiger partial charge in [0.15, 0.2) is 0 Å². The van der Waals surface area contributed by atoms with Gasteiger partial charge in [0, 0.05) is 43.2 Å². The molecule has 2 aromatic heterocycles. The van der Waals surface area contributed by atoms with E-state index in [0.29, 0.717) is 24.2 Å². The Morgan fingerprint density at radius 1 is 1.07 bits per heavy atom. The average Bonchev–Trinajstić information content (AvgIpc) is 2.81. The number of nitrogens with one attached hydrogen (secondary N) is 1. The Labute approximate surface area is 175 Å². The van der Waals surface area contributed by atoms with Crippen LogP contribution in [0.4, 0.5) is 5.82 Å². The number of hydrogen-bond acceptors (Lipinski definition) is 6. The minimum atomic E-state index is -0.143. The van der Waals surface area contributed by atoms with E-state index in [1.165, 1.54) is 0 Å². The summed E-state index contributed by atoms with van der Waals surface area (Å²) >= 11 is 0. The van der Waals surface area contributed by atoms with Gasteiger partial charge in [-0.25, -0.2) is 4.98 Å². The number of morpholine rings is 1. The van der Waals surface area contributed by atoms with Crippen LogP contribution < -0.4 is 10.2 Å². The van der Waals surface area contributed by atoms with Gasteiger partial charge in [0.25, 0.3) is 5.91 Å². The van der Waals surface area contributed by atoms with Crippen molar-refractivity contribution in [2.75, 3.05) is 37.7 Å². The molecule has 0 saturated carbocycles. The van der Waals surface area contributed by atoms with E-state index < -0.39 is 0 Å². The van der Waals surface area contributed by atoms with Gasteiger partial charge < -0.3 is 20.1 Å². The fraction of sp³-hybridized carbons (Fsp3) is 0.261. The van der Waals surface area contributed by atoms with Crippen molar-refractivity contribution >= 4 is 11.7 Å². The highest BCUT2D eigenvalue weighted by Crippen LogP contribution is 2.20. The molecule has 1 aliphatic heterocycles. The minimum Gasteiger partial charge on any atom is -0.508 e. The van der Waals surface area contributed by atoms with Gasteiger partial charge >= 0.3 is 0 Å². The fourth-order valence-corrected chi connectivity index (χ4v) is 3.33. The Hall–Kier alpha value is -3.45. The van der Waals surface area contributed by atoms with E-state index >= 15 is 0 Å². The zero-order valence-corrected chi connectivity index (χ0v) is 16.6. The van der Waals surface area contributed by atoms with Gasteiger partial charge in [-0.05, 0) is 48.4 Å². The van der Waals surface area contributed by atoms with Crippen molar-refractivity contribution in [3.05, 3.63) is 72.1 Å². The molecule has 2 N–H and O–H groups in total. The Balaban J connectivity index is 1.38. The number of carbonyl (C=O) groups excluding carboxylic acids is 1. The fourth-order valence-electron chi connectivity index (χ4n) is 3.33. The lowest BCUT2D eigenvalue weighted by molar-refractivity contribution is 0.0954. The number of aromatic hydroxyl groups is 1. The third kappa shape index (κ3) is 4.93. The zero-order valence-electron chi connectivity index (χ0n) is 16.6. The van der Waals surface area contributed by atoms with Gasteiger partial charge in [0.2, 0.25) is 0 Å². The first-order chi connectivity index (χ1) is 14.7. The van der Waals surface area contributed by atoms with E-state index in [9.17, 15) is 9.90 Å². The van der Waals surface area contributed by atoms with Crippen LogP contribution in [0.15, 0.2) is 60.9 Å². The third-order valence-electron chi connectivity index (χ3n) is 5.04. The molecule has 154 valence electrons. The number of phenols is 1. The standard InChI is InChI=1S/C23H24N4O3/c28-20-4-1-17(2-5-20)7-9-25-23(29)18-8-10-24-21(15-18)19-3-6-22(26-16-19)27-11-13-30-14-12-27/h1-6,8,10,15-16,28H,7,9,11-14H2,(H,25,29). The van der Waals surface area contributed by atoms with E-state index in [-0.39, 0.29) is 11.7 Å². The predicted octanol–water partition coefficient (Wildman–Crippen LogP) is 2.66. The number of pyridine rings is 2. The van der Waals surface area contributed by atoms with Crippen LogP contribution in [0.3, 0.4) is 0 Å². The Kier molecular flexibility index (Phi) is 6.20. The molecular weight excluding hydrogens is 380 g/mol. The highest BCUT2D eigenvalue weighted by Gasteiger charge is 2.13. The van der Waals surface area contributed by atoms with Crippen LogP contribution in [0.5, 0.6) is 5.75 Å². The maximum Gasteiger partial charge on any atom is 0.251 e. The number of phenolic OH excluding ortho intramolecular Hbond substituents is 1. The number of anilines is 1. The minimum absolute atomic E-state index is 0.143. The van der Waals surface area contributed by atoms with Gasteiger partial charge in [-0.15, -0.1) is 0 Å². The lowest BCUT2D eigenvalue weighted by Gasteiger charge is -2.27. The summed E-state index contributed by atoms with van der Waals surface area (Å²) in [5.74, 6) is 1.01. The van der Waals surface area contributed by atoms with Crippen LogP contribution in [0.25, 0.3) is 11.3 Å². The van der Waals surface area contributed by atoms with Crippen LogP contribution >= 0.6 is 0 Å². The molecule has 1 aliphatic rings. The molecule has 0 radical (unpaired) electrons. The molecule has 0 spiro atoms. The molecule has 4 rings (SSSR count). The van der Waals surface area contributed by atoms with Crippen molar-refractivity contribution in [2.24, 2.45) is 0 Å². The lowest BCUT2D eigenvalue weighted by atomic mass is 10.1. The number of benzene rings is 1. The normalized spacial score (nSPS) is 13.8. The van der Waals surface area contributed by atoms with E-state index in [4.69, 9.17) is 4.74 Å². The molecule has 1 aromatic carbocycles. The van der Waals surface area contributed by atoms with Crippen molar-refractivity contribution in [3.8, 4) is 17.0 Å². The quantitative estimate of drug-likeness (QED) is 0.657. The molecule has 0 aliphatic carbocycles. The summed E-state index contributed by atoms with van der Waals surface area (Å²) in [4.78, 5) is 23.7. The molecule has 7 nitrogen and oxygen atoms in total. The average molecular weight is 404 g/mol. The Bertz CT molecular complexity index is 984. The number of hydrogen-bond donors (Lipinski definition) is 2. The van der Waals surface area contributed by atoms with Crippen LogP contribution in [-0.2, 0) is 11.2 Å². The van der Waals surface area contributed by atoms with Crippen molar-refractivity contribution < 1.29 is 14.6 Å². The molecule has 0 atom stereocenters. The third-order valence-corrected chi connectivity index (χ3v) is 5.04. The summed E-state index contributed by atoms with van der Waals surface area (Å²) in [6.45, 7) is 3.62. The largest absolute Gasteiger partial charge is 0.508 e. The van der Waals surface area contributed by atoms with Crippen molar-refractivity contribution in [1.82, 2.24) is 15.3 Å². The summed E-state index contributed by atoms with van der Waals surface area (Å²) < 4.78 is 5.38. The van der Waals surface area contributed by atoms with Crippen molar-refractivity contribution in [1.29, 1.82) is 0 Å². The maximum absolute atomic E-state index is 12.5. The van der Waals surface area contributed by atoms with Gasteiger partial charge in [0.05, 0.1) is 18.9 Å². The zero-order chi connectivity index (χ0) is 20.8. The molecular formula is C23H24N4O3. The first-order valence-corrected chi connectivity index (χ1v) is 10.0. The van der Waals surface area contributed by atoms with Gasteiger partial charge in [-0.2, -0.15) is 0 Å². The van der Waals surface area contributed by atoms with Crippen molar-refractivity contribution in [3.63, 3.8) is 0 Å². The van der Waals surface area contributed by atoms with E-state index in [1.807, 2.05) is 24.3 Å². The number of carbonyl (C=O) groups is 1. The van der Waals surface area contributed by atoms with Gasteiger partial charge in [0.1, 0.15) is 11.6 Å².